The van der Waals surface area contributed by atoms with Crippen LogP contribution in [-0.2, 0) is 6.42 Å². The molecule has 2 rings (SSSR count). The Labute approximate surface area is 105 Å². The summed E-state index contributed by atoms with van der Waals surface area (Å²) < 4.78 is 4.64. The van der Waals surface area contributed by atoms with Gasteiger partial charge < -0.3 is 0 Å². The highest BCUT2D eigenvalue weighted by Crippen LogP contribution is 2.14. The molecule has 16 heavy (non-hydrogen) atoms. The van der Waals surface area contributed by atoms with E-state index in [-0.39, 0.29) is 12.2 Å². The van der Waals surface area contributed by atoms with Crippen molar-refractivity contribution in [1.82, 2.24) is 14.6 Å². The fourth-order valence-corrected chi connectivity index (χ4v) is 2.07. The van der Waals surface area contributed by atoms with Gasteiger partial charge in [0.25, 0.3) is 0 Å². The molecule has 0 N–H and O–H groups in total. The Hall–Kier alpha value is -1.14. The maximum atomic E-state index is 11.9. The van der Waals surface area contributed by atoms with Crippen LogP contribution in [0.5, 0.6) is 0 Å². The van der Waals surface area contributed by atoms with E-state index in [1.807, 2.05) is 12.1 Å². The van der Waals surface area contributed by atoms with Crippen LogP contribution < -0.4 is 0 Å². The molecule has 0 unspecified atom stereocenters. The molecule has 0 radical (unpaired) electrons. The smallest absolute Gasteiger partial charge is 0.182 e. The summed E-state index contributed by atoms with van der Waals surface area (Å²) >= 11 is 4.43. The van der Waals surface area contributed by atoms with E-state index in [0.29, 0.717) is 10.6 Å². The maximum absolute atomic E-state index is 11.9. The first kappa shape index (κ1) is 11.3. The molecule has 0 saturated carbocycles. The number of carbonyl (C=O) groups is 1. The van der Waals surface area contributed by atoms with Crippen molar-refractivity contribution >= 4 is 33.2 Å². The summed E-state index contributed by atoms with van der Waals surface area (Å²) in [7, 11) is 0. The number of hydrogen-bond acceptors (Lipinski definition) is 5. The summed E-state index contributed by atoms with van der Waals surface area (Å²) in [5, 5.41) is 3.81. The molecule has 0 fully saturated rings. The zero-order chi connectivity index (χ0) is 11.5. The normalized spacial score (nSPS) is 10.4. The molecule has 0 spiro atoms. The van der Waals surface area contributed by atoms with Crippen LogP contribution in [0.15, 0.2) is 22.8 Å². The van der Waals surface area contributed by atoms with Crippen molar-refractivity contribution in [1.29, 1.82) is 0 Å². The predicted molar refractivity (Wildman–Crippen MR) is 64.6 cm³/mol. The third-order valence-corrected chi connectivity index (χ3v) is 3.37. The molecule has 0 aliphatic heterocycles. The Kier molecular flexibility index (Phi) is 3.40. The Morgan fingerprint density at radius 3 is 2.88 bits per heavy atom. The van der Waals surface area contributed by atoms with Crippen molar-refractivity contribution in [3.05, 3.63) is 39.1 Å². The van der Waals surface area contributed by atoms with Crippen LogP contribution in [0.25, 0.3) is 0 Å². The lowest BCUT2D eigenvalue weighted by Gasteiger charge is -1.98. The molecule has 0 aromatic carbocycles. The molecular weight excluding hydrogens is 290 g/mol. The van der Waals surface area contributed by atoms with E-state index in [0.717, 1.165) is 21.7 Å². The highest BCUT2D eigenvalue weighted by molar-refractivity contribution is 9.10. The van der Waals surface area contributed by atoms with E-state index in [1.54, 1.807) is 13.1 Å². The molecule has 82 valence electrons. The van der Waals surface area contributed by atoms with Gasteiger partial charge in [0.15, 0.2) is 5.78 Å². The molecular formula is C10H8BrN3OS. The molecule has 2 heterocycles. The van der Waals surface area contributed by atoms with Gasteiger partial charge in [-0.3, -0.25) is 9.78 Å². The summed E-state index contributed by atoms with van der Waals surface area (Å²) in [4.78, 5) is 16.6. The summed E-state index contributed by atoms with van der Waals surface area (Å²) in [6.07, 6.45) is 1.97. The van der Waals surface area contributed by atoms with Crippen LogP contribution in [0.3, 0.4) is 0 Å². The fourth-order valence-electron chi connectivity index (χ4n) is 1.24. The molecule has 0 amide bonds. The zero-order valence-corrected chi connectivity index (χ0v) is 10.9. The van der Waals surface area contributed by atoms with Crippen molar-refractivity contribution in [2.75, 3.05) is 0 Å². The topological polar surface area (TPSA) is 55.7 Å². The average Bonchev–Trinajstić information content (AvgIpc) is 2.68. The third-order valence-electron chi connectivity index (χ3n) is 2.04. The molecule has 2 aromatic rings. The number of rotatable bonds is 3. The second-order valence-corrected chi connectivity index (χ2v) is 4.92. The lowest BCUT2D eigenvalue weighted by molar-refractivity contribution is 0.0995. The molecule has 0 saturated heterocycles. The molecule has 0 aliphatic rings. The van der Waals surface area contributed by atoms with Crippen molar-refractivity contribution in [2.24, 2.45) is 0 Å². The van der Waals surface area contributed by atoms with Gasteiger partial charge in [-0.05, 0) is 46.5 Å². The molecule has 0 atom stereocenters. The number of aryl methyl sites for hydroxylation is 1. The van der Waals surface area contributed by atoms with Crippen molar-refractivity contribution in [2.45, 2.75) is 13.3 Å². The van der Waals surface area contributed by atoms with E-state index in [1.165, 1.54) is 0 Å². The SMILES string of the molecule is Cc1nnsc1C(=O)Cc1ccc(Br)cn1. The number of aromatic nitrogens is 3. The second kappa shape index (κ2) is 4.80. The van der Waals surface area contributed by atoms with Gasteiger partial charge in [0.2, 0.25) is 0 Å². The van der Waals surface area contributed by atoms with Gasteiger partial charge >= 0.3 is 0 Å². The van der Waals surface area contributed by atoms with Crippen molar-refractivity contribution < 1.29 is 4.79 Å². The zero-order valence-electron chi connectivity index (χ0n) is 8.48. The van der Waals surface area contributed by atoms with E-state index in [2.05, 4.69) is 30.5 Å². The van der Waals surface area contributed by atoms with Crippen LogP contribution >= 0.6 is 27.5 Å². The first-order valence-electron chi connectivity index (χ1n) is 4.59. The van der Waals surface area contributed by atoms with Gasteiger partial charge in [-0.2, -0.15) is 0 Å². The number of halogens is 1. The number of pyridine rings is 1. The highest BCUT2D eigenvalue weighted by atomic mass is 79.9. The summed E-state index contributed by atoms with van der Waals surface area (Å²) in [6, 6.07) is 3.69. The molecule has 0 aliphatic carbocycles. The van der Waals surface area contributed by atoms with Gasteiger partial charge in [0.05, 0.1) is 12.1 Å². The lowest BCUT2D eigenvalue weighted by atomic mass is 10.1. The summed E-state index contributed by atoms with van der Waals surface area (Å²) in [5.41, 5.74) is 1.44. The Bertz CT molecular complexity index is 509. The van der Waals surface area contributed by atoms with Gasteiger partial charge in [0, 0.05) is 16.4 Å². The minimum Gasteiger partial charge on any atom is -0.293 e. The predicted octanol–water partition coefficient (Wildman–Crippen LogP) is 2.43. The standard InChI is InChI=1S/C10H8BrN3OS/c1-6-10(16-14-13-6)9(15)4-8-3-2-7(11)5-12-8/h2-3,5H,4H2,1H3. The van der Waals surface area contributed by atoms with Gasteiger partial charge in [-0.15, -0.1) is 5.10 Å². The van der Waals surface area contributed by atoms with Crippen LogP contribution in [0.2, 0.25) is 0 Å². The van der Waals surface area contributed by atoms with E-state index < -0.39 is 0 Å². The third kappa shape index (κ3) is 2.51. The summed E-state index contributed by atoms with van der Waals surface area (Å²) in [5.74, 6) is 0.0160. The number of ketones is 1. The summed E-state index contributed by atoms with van der Waals surface area (Å²) in [6.45, 7) is 1.78. The Morgan fingerprint density at radius 2 is 2.31 bits per heavy atom. The van der Waals surface area contributed by atoms with Gasteiger partial charge in [0.1, 0.15) is 4.88 Å². The first-order chi connectivity index (χ1) is 7.66. The largest absolute Gasteiger partial charge is 0.293 e. The fraction of sp³-hybridized carbons (Fsp3) is 0.200. The quantitative estimate of drug-likeness (QED) is 0.817. The molecule has 4 nitrogen and oxygen atoms in total. The first-order valence-corrected chi connectivity index (χ1v) is 6.16. The number of carbonyl (C=O) groups excluding carboxylic acids is 1. The van der Waals surface area contributed by atoms with E-state index in [9.17, 15) is 4.79 Å². The highest BCUT2D eigenvalue weighted by Gasteiger charge is 2.14. The van der Waals surface area contributed by atoms with E-state index >= 15 is 0 Å². The molecule has 6 heteroatoms. The van der Waals surface area contributed by atoms with Crippen LogP contribution in [0.1, 0.15) is 21.1 Å². The van der Waals surface area contributed by atoms with E-state index in [4.69, 9.17) is 0 Å². The van der Waals surface area contributed by atoms with Crippen molar-refractivity contribution in [3.8, 4) is 0 Å². The van der Waals surface area contributed by atoms with Gasteiger partial charge in [-0.1, -0.05) is 4.49 Å². The number of nitrogens with zero attached hydrogens (tertiary/aromatic N) is 3. The Morgan fingerprint density at radius 1 is 1.50 bits per heavy atom. The molecule has 0 bridgehead atoms. The average molecular weight is 298 g/mol. The van der Waals surface area contributed by atoms with Crippen LogP contribution in [-0.4, -0.2) is 20.4 Å². The molecule has 2 aromatic heterocycles. The lowest BCUT2D eigenvalue weighted by Crippen LogP contribution is -2.04. The monoisotopic (exact) mass is 297 g/mol. The maximum Gasteiger partial charge on any atom is 0.182 e. The van der Waals surface area contributed by atoms with Gasteiger partial charge in [-0.25, -0.2) is 0 Å². The van der Waals surface area contributed by atoms with Crippen LogP contribution in [0.4, 0.5) is 0 Å². The number of Topliss-reactive ketones (excluding diaryl/α,β-unsaturated/α-hetero) is 1. The van der Waals surface area contributed by atoms with Crippen molar-refractivity contribution in [3.63, 3.8) is 0 Å². The minimum absolute atomic E-state index is 0.0160. The number of hydrogen-bond donors (Lipinski definition) is 0. The van der Waals surface area contributed by atoms with Crippen LogP contribution in [0, 0.1) is 6.92 Å². The minimum atomic E-state index is 0.0160. The Balaban J connectivity index is 2.14. The second-order valence-electron chi connectivity index (χ2n) is 3.26.